The summed E-state index contributed by atoms with van der Waals surface area (Å²) in [5, 5.41) is 16.2. The lowest BCUT2D eigenvalue weighted by Crippen LogP contribution is -2.39. The number of para-hydroxylation sites is 1. The minimum Gasteiger partial charge on any atom is -0.396 e. The van der Waals surface area contributed by atoms with Crippen LogP contribution in [0, 0.1) is 18.7 Å². The molecule has 32 heavy (non-hydrogen) atoms. The molecule has 2 heterocycles. The highest BCUT2D eigenvalue weighted by atomic mass is 19.1. The van der Waals surface area contributed by atoms with Crippen LogP contribution >= 0.6 is 0 Å². The number of carbonyl (C=O) groups is 2. The fourth-order valence-electron chi connectivity index (χ4n) is 3.89. The van der Waals surface area contributed by atoms with Crippen molar-refractivity contribution in [2.75, 3.05) is 25.0 Å². The minimum atomic E-state index is -0.425. The standard InChI is InChI=1S/C24H25FN4O3/c1-16-20(14-26-29(16)22-5-3-2-4-21(22)25)23(31)27-19-8-6-18(7-9-19)24(32)28-12-10-17(15-30)11-13-28/h2-9,14,17,30H,10-13,15H2,1H3,(H,27,31). The number of hydrogen-bond acceptors (Lipinski definition) is 4. The van der Waals surface area contributed by atoms with E-state index in [-0.39, 0.29) is 30.0 Å². The largest absolute Gasteiger partial charge is 0.396 e. The van der Waals surface area contributed by atoms with Gasteiger partial charge in [-0.15, -0.1) is 0 Å². The van der Waals surface area contributed by atoms with E-state index in [1.54, 1.807) is 54.3 Å². The van der Waals surface area contributed by atoms with E-state index in [4.69, 9.17) is 0 Å². The minimum absolute atomic E-state index is 0.0544. The Hall–Kier alpha value is -3.52. The van der Waals surface area contributed by atoms with E-state index < -0.39 is 5.82 Å². The molecule has 7 nitrogen and oxygen atoms in total. The summed E-state index contributed by atoms with van der Waals surface area (Å²) < 4.78 is 15.5. The van der Waals surface area contributed by atoms with Crippen LogP contribution in [0.3, 0.4) is 0 Å². The lowest BCUT2D eigenvalue weighted by Gasteiger charge is -2.31. The lowest BCUT2D eigenvalue weighted by atomic mass is 9.97. The van der Waals surface area contributed by atoms with E-state index in [1.807, 2.05) is 0 Å². The van der Waals surface area contributed by atoms with Crippen molar-refractivity contribution in [2.24, 2.45) is 5.92 Å². The van der Waals surface area contributed by atoms with Crippen LogP contribution < -0.4 is 5.32 Å². The van der Waals surface area contributed by atoms with Crippen molar-refractivity contribution in [1.29, 1.82) is 0 Å². The number of carbonyl (C=O) groups excluding carboxylic acids is 2. The first-order valence-corrected chi connectivity index (χ1v) is 10.6. The number of aromatic nitrogens is 2. The molecule has 2 aromatic carbocycles. The number of hydrogen-bond donors (Lipinski definition) is 2. The Kier molecular flexibility index (Phi) is 6.32. The molecule has 1 fully saturated rings. The second-order valence-electron chi connectivity index (χ2n) is 7.96. The van der Waals surface area contributed by atoms with Crippen LogP contribution in [0.1, 0.15) is 39.3 Å². The highest BCUT2D eigenvalue weighted by molar-refractivity contribution is 6.05. The highest BCUT2D eigenvalue weighted by Crippen LogP contribution is 2.21. The van der Waals surface area contributed by atoms with Gasteiger partial charge in [0, 0.05) is 30.9 Å². The highest BCUT2D eigenvalue weighted by Gasteiger charge is 2.23. The molecule has 0 aliphatic carbocycles. The van der Waals surface area contributed by atoms with Crippen LogP contribution in [0.15, 0.2) is 54.7 Å². The van der Waals surface area contributed by atoms with Crippen LogP contribution in [0.2, 0.25) is 0 Å². The quantitative estimate of drug-likeness (QED) is 0.642. The maximum absolute atomic E-state index is 14.1. The number of aliphatic hydroxyl groups is 1. The van der Waals surface area contributed by atoms with Crippen LogP contribution in [0.5, 0.6) is 0 Å². The third kappa shape index (κ3) is 4.40. The van der Waals surface area contributed by atoms with Crippen molar-refractivity contribution in [3.63, 3.8) is 0 Å². The summed E-state index contributed by atoms with van der Waals surface area (Å²) in [6.07, 6.45) is 3.01. The van der Waals surface area contributed by atoms with Crippen molar-refractivity contribution in [1.82, 2.24) is 14.7 Å². The monoisotopic (exact) mass is 436 g/mol. The van der Waals surface area contributed by atoms with Gasteiger partial charge in [-0.3, -0.25) is 9.59 Å². The molecule has 1 aliphatic rings. The van der Waals surface area contributed by atoms with Gasteiger partial charge in [-0.25, -0.2) is 9.07 Å². The Morgan fingerprint density at radius 3 is 2.47 bits per heavy atom. The van der Waals surface area contributed by atoms with Crippen molar-refractivity contribution < 1.29 is 19.1 Å². The van der Waals surface area contributed by atoms with Crippen LogP contribution in [-0.2, 0) is 0 Å². The van der Waals surface area contributed by atoms with E-state index in [9.17, 15) is 19.1 Å². The molecule has 1 saturated heterocycles. The number of nitrogens with one attached hydrogen (secondary N) is 1. The van der Waals surface area contributed by atoms with Gasteiger partial charge in [0.05, 0.1) is 17.5 Å². The summed E-state index contributed by atoms with van der Waals surface area (Å²) in [6, 6.07) is 13.0. The predicted molar refractivity (Wildman–Crippen MR) is 118 cm³/mol. The predicted octanol–water partition coefficient (Wildman–Crippen LogP) is 3.42. The summed E-state index contributed by atoms with van der Waals surface area (Å²) in [6.45, 7) is 3.13. The topological polar surface area (TPSA) is 87.5 Å². The second-order valence-corrected chi connectivity index (χ2v) is 7.96. The third-order valence-corrected chi connectivity index (χ3v) is 5.88. The number of piperidine rings is 1. The van der Waals surface area contributed by atoms with E-state index in [2.05, 4.69) is 10.4 Å². The number of amides is 2. The Morgan fingerprint density at radius 2 is 1.81 bits per heavy atom. The van der Waals surface area contributed by atoms with Gasteiger partial charge < -0.3 is 15.3 Å². The maximum atomic E-state index is 14.1. The van der Waals surface area contributed by atoms with Crippen molar-refractivity contribution in [3.05, 3.63) is 77.4 Å². The maximum Gasteiger partial charge on any atom is 0.259 e. The molecule has 0 saturated carbocycles. The zero-order chi connectivity index (χ0) is 22.7. The van der Waals surface area contributed by atoms with E-state index in [0.29, 0.717) is 35.6 Å². The summed E-state index contributed by atoms with van der Waals surface area (Å²) >= 11 is 0. The molecule has 3 aromatic rings. The first-order valence-electron chi connectivity index (χ1n) is 10.6. The van der Waals surface area contributed by atoms with Crippen LogP contribution in [0.25, 0.3) is 5.69 Å². The fraction of sp³-hybridized carbons (Fsp3) is 0.292. The first kappa shape index (κ1) is 21.7. The zero-order valence-electron chi connectivity index (χ0n) is 17.8. The van der Waals surface area contributed by atoms with Gasteiger partial charge in [0.25, 0.3) is 11.8 Å². The number of halogens is 1. The number of likely N-dealkylation sites (tertiary alicyclic amines) is 1. The molecule has 166 valence electrons. The molecule has 0 spiro atoms. The van der Waals surface area contributed by atoms with Gasteiger partial charge in [0.1, 0.15) is 11.5 Å². The van der Waals surface area contributed by atoms with Gasteiger partial charge in [-0.05, 0) is 62.1 Å². The van der Waals surface area contributed by atoms with Crippen LogP contribution in [-0.4, -0.2) is 51.3 Å². The number of anilines is 1. The molecule has 2 amide bonds. The number of benzene rings is 2. The molecule has 0 bridgehead atoms. The molecule has 2 N–H and O–H groups in total. The number of nitrogens with zero attached hydrogens (tertiary/aromatic N) is 3. The molecule has 1 aromatic heterocycles. The van der Waals surface area contributed by atoms with Gasteiger partial charge in [0.2, 0.25) is 0 Å². The van der Waals surface area contributed by atoms with E-state index in [0.717, 1.165) is 12.8 Å². The summed E-state index contributed by atoms with van der Waals surface area (Å²) in [4.78, 5) is 27.2. The van der Waals surface area contributed by atoms with Gasteiger partial charge >= 0.3 is 0 Å². The molecule has 0 unspecified atom stereocenters. The first-order chi connectivity index (χ1) is 15.5. The molecular weight excluding hydrogens is 411 g/mol. The SMILES string of the molecule is Cc1c(C(=O)Nc2ccc(C(=O)N3CCC(CO)CC3)cc2)cnn1-c1ccccc1F. The Balaban J connectivity index is 1.42. The van der Waals surface area contributed by atoms with Crippen molar-refractivity contribution in [3.8, 4) is 5.69 Å². The Morgan fingerprint density at radius 1 is 1.12 bits per heavy atom. The average molecular weight is 436 g/mol. The molecule has 4 rings (SSSR count). The average Bonchev–Trinajstić information content (AvgIpc) is 3.20. The number of rotatable bonds is 5. The van der Waals surface area contributed by atoms with E-state index in [1.165, 1.54) is 16.9 Å². The normalized spacial score (nSPS) is 14.4. The van der Waals surface area contributed by atoms with Gasteiger partial charge in [0.15, 0.2) is 0 Å². The lowest BCUT2D eigenvalue weighted by molar-refractivity contribution is 0.0651. The van der Waals surface area contributed by atoms with Gasteiger partial charge in [-0.2, -0.15) is 5.10 Å². The fourth-order valence-corrected chi connectivity index (χ4v) is 3.89. The summed E-state index contributed by atoms with van der Waals surface area (Å²) in [5.41, 5.74) is 2.22. The van der Waals surface area contributed by atoms with Crippen LogP contribution in [0.4, 0.5) is 10.1 Å². The van der Waals surface area contributed by atoms with Crippen molar-refractivity contribution in [2.45, 2.75) is 19.8 Å². The Bertz CT molecular complexity index is 1120. The molecule has 0 atom stereocenters. The molecule has 8 heteroatoms. The summed E-state index contributed by atoms with van der Waals surface area (Å²) in [7, 11) is 0. The smallest absolute Gasteiger partial charge is 0.259 e. The molecule has 0 radical (unpaired) electrons. The van der Waals surface area contributed by atoms with Gasteiger partial charge in [-0.1, -0.05) is 12.1 Å². The molecular formula is C24H25FN4O3. The summed E-state index contributed by atoms with van der Waals surface area (Å²) in [5.74, 6) is -0.578. The second kappa shape index (κ2) is 9.32. The van der Waals surface area contributed by atoms with Crippen molar-refractivity contribution >= 4 is 17.5 Å². The zero-order valence-corrected chi connectivity index (χ0v) is 17.8. The molecule has 1 aliphatic heterocycles. The third-order valence-electron chi connectivity index (χ3n) is 5.88. The van der Waals surface area contributed by atoms with E-state index >= 15 is 0 Å². The number of aliphatic hydroxyl groups excluding tert-OH is 1. The Labute approximate surface area is 185 Å².